The van der Waals surface area contributed by atoms with Crippen LogP contribution in [-0.2, 0) is 24.5 Å². The van der Waals surface area contributed by atoms with Crippen molar-refractivity contribution in [2.75, 3.05) is 0 Å². The van der Waals surface area contributed by atoms with Crippen LogP contribution in [0.1, 0.15) is 22.6 Å². The van der Waals surface area contributed by atoms with E-state index in [-0.39, 0.29) is 12.5 Å². The van der Waals surface area contributed by atoms with Crippen LogP contribution >= 0.6 is 0 Å². The van der Waals surface area contributed by atoms with Crippen molar-refractivity contribution in [3.8, 4) is 5.75 Å². The molecule has 6 nitrogen and oxygen atoms in total. The molecule has 0 fully saturated rings. The van der Waals surface area contributed by atoms with E-state index >= 15 is 0 Å². The lowest BCUT2D eigenvalue weighted by molar-refractivity contribution is -0.122. The van der Waals surface area contributed by atoms with Gasteiger partial charge in [0.25, 0.3) is 0 Å². The van der Waals surface area contributed by atoms with Gasteiger partial charge in [-0.1, -0.05) is 18.2 Å². The quantitative estimate of drug-likeness (QED) is 0.711. The van der Waals surface area contributed by atoms with Crippen LogP contribution in [0.5, 0.6) is 5.75 Å². The molecule has 0 spiro atoms. The molecule has 0 bridgehead atoms. The second-order valence-electron chi connectivity index (χ2n) is 6.12. The number of hydrogen-bond donors (Lipinski definition) is 1. The molecule has 1 aromatic carbocycles. The van der Waals surface area contributed by atoms with E-state index in [1.54, 1.807) is 10.9 Å². The van der Waals surface area contributed by atoms with Crippen molar-refractivity contribution in [1.82, 2.24) is 20.1 Å². The van der Waals surface area contributed by atoms with Crippen molar-refractivity contribution in [2.24, 2.45) is 0 Å². The van der Waals surface area contributed by atoms with E-state index in [0.29, 0.717) is 13.2 Å². The van der Waals surface area contributed by atoms with Gasteiger partial charge in [-0.3, -0.25) is 14.5 Å². The van der Waals surface area contributed by atoms with Gasteiger partial charge in [-0.25, -0.2) is 0 Å². The number of amides is 1. The lowest BCUT2D eigenvalue weighted by atomic mass is 10.2. The molecule has 0 aliphatic heterocycles. The molecular weight excluding hydrogens is 328 g/mol. The second kappa shape index (κ2) is 8.29. The Morgan fingerprint density at radius 3 is 2.77 bits per heavy atom. The number of rotatable bonds is 7. The molecule has 0 aliphatic rings. The molecule has 0 atom stereocenters. The monoisotopic (exact) mass is 350 g/mol. The first-order valence-electron chi connectivity index (χ1n) is 8.49. The van der Waals surface area contributed by atoms with E-state index < -0.39 is 0 Å². The zero-order valence-electron chi connectivity index (χ0n) is 15.0. The summed E-state index contributed by atoms with van der Waals surface area (Å²) in [7, 11) is 0. The minimum Gasteiger partial charge on any atom is -0.487 e. The number of hydrogen-bond acceptors (Lipinski definition) is 4. The molecule has 0 unspecified atom stereocenters. The molecule has 26 heavy (non-hydrogen) atoms. The summed E-state index contributed by atoms with van der Waals surface area (Å²) in [5.74, 6) is 0.678. The average molecular weight is 350 g/mol. The Kier molecular flexibility index (Phi) is 5.63. The van der Waals surface area contributed by atoms with Crippen LogP contribution in [0.25, 0.3) is 0 Å². The predicted molar refractivity (Wildman–Crippen MR) is 98.6 cm³/mol. The SMILES string of the molecule is Cc1cc(C)n(CC(=O)NCc2cccc(OCc3ccccn3)c2)n1. The first-order valence-corrected chi connectivity index (χ1v) is 8.49. The topological polar surface area (TPSA) is 69.0 Å². The molecule has 6 heteroatoms. The minimum atomic E-state index is -0.0731. The number of nitrogens with one attached hydrogen (secondary N) is 1. The maximum absolute atomic E-state index is 12.1. The highest BCUT2D eigenvalue weighted by atomic mass is 16.5. The van der Waals surface area contributed by atoms with Gasteiger partial charge in [-0.15, -0.1) is 0 Å². The number of aryl methyl sites for hydroxylation is 2. The van der Waals surface area contributed by atoms with Gasteiger partial charge < -0.3 is 10.1 Å². The standard InChI is InChI=1S/C20H22N4O2/c1-15-10-16(2)24(23-15)13-20(25)22-12-17-6-5-8-19(11-17)26-14-18-7-3-4-9-21-18/h3-11H,12-14H2,1-2H3,(H,22,25). The first-order chi connectivity index (χ1) is 12.6. The molecule has 3 rings (SSSR count). The maximum Gasteiger partial charge on any atom is 0.242 e. The van der Waals surface area contributed by atoms with Crippen molar-refractivity contribution in [3.63, 3.8) is 0 Å². The Hall–Kier alpha value is -3.15. The summed E-state index contributed by atoms with van der Waals surface area (Å²) in [6.07, 6.45) is 1.74. The summed E-state index contributed by atoms with van der Waals surface area (Å²) in [6.45, 7) is 4.93. The zero-order valence-corrected chi connectivity index (χ0v) is 15.0. The van der Waals surface area contributed by atoms with Crippen molar-refractivity contribution >= 4 is 5.91 Å². The number of benzene rings is 1. The number of nitrogens with zero attached hydrogens (tertiary/aromatic N) is 3. The minimum absolute atomic E-state index is 0.0731. The van der Waals surface area contributed by atoms with E-state index in [2.05, 4.69) is 15.4 Å². The molecule has 0 aliphatic carbocycles. The predicted octanol–water partition coefficient (Wildman–Crippen LogP) is 2.79. The summed E-state index contributed by atoms with van der Waals surface area (Å²) in [4.78, 5) is 16.4. The molecule has 0 saturated heterocycles. The number of ether oxygens (including phenoxy) is 1. The zero-order chi connectivity index (χ0) is 18.4. The third kappa shape index (κ3) is 4.92. The number of pyridine rings is 1. The molecule has 0 radical (unpaired) electrons. The van der Waals surface area contributed by atoms with Gasteiger partial charge in [0.05, 0.1) is 11.4 Å². The van der Waals surface area contributed by atoms with Gasteiger partial charge >= 0.3 is 0 Å². The summed E-state index contributed by atoms with van der Waals surface area (Å²) in [6, 6.07) is 15.4. The highest BCUT2D eigenvalue weighted by Crippen LogP contribution is 2.14. The second-order valence-corrected chi connectivity index (χ2v) is 6.12. The molecule has 3 aromatic rings. The van der Waals surface area contributed by atoms with Gasteiger partial charge in [-0.2, -0.15) is 5.10 Å². The summed E-state index contributed by atoms with van der Waals surface area (Å²) >= 11 is 0. The van der Waals surface area contributed by atoms with E-state index in [9.17, 15) is 4.79 Å². The molecule has 2 heterocycles. The molecule has 0 saturated carbocycles. The fraction of sp³-hybridized carbons (Fsp3) is 0.250. The molecule has 2 aromatic heterocycles. The van der Waals surface area contributed by atoms with E-state index in [0.717, 1.165) is 28.4 Å². The van der Waals surface area contributed by atoms with Crippen LogP contribution < -0.4 is 10.1 Å². The lowest BCUT2D eigenvalue weighted by Crippen LogP contribution is -2.28. The molecule has 134 valence electrons. The average Bonchev–Trinajstić information content (AvgIpc) is 2.96. The highest BCUT2D eigenvalue weighted by Gasteiger charge is 2.07. The summed E-state index contributed by atoms with van der Waals surface area (Å²) < 4.78 is 7.47. The molecule has 1 N–H and O–H groups in total. The normalized spacial score (nSPS) is 10.5. The maximum atomic E-state index is 12.1. The third-order valence-electron chi connectivity index (χ3n) is 3.90. The summed E-state index contributed by atoms with van der Waals surface area (Å²) in [5, 5.41) is 7.22. The van der Waals surface area contributed by atoms with Gasteiger partial charge in [0.15, 0.2) is 0 Å². The van der Waals surface area contributed by atoms with Gasteiger partial charge in [0, 0.05) is 18.4 Å². The van der Waals surface area contributed by atoms with Crippen LogP contribution in [0.15, 0.2) is 54.7 Å². The van der Waals surface area contributed by atoms with Crippen molar-refractivity contribution < 1.29 is 9.53 Å². The Bertz CT molecular complexity index is 875. The first kappa shape index (κ1) is 17.7. The smallest absolute Gasteiger partial charge is 0.242 e. The van der Waals surface area contributed by atoms with Crippen molar-refractivity contribution in [2.45, 2.75) is 33.5 Å². The fourth-order valence-electron chi connectivity index (χ4n) is 2.61. The lowest BCUT2D eigenvalue weighted by Gasteiger charge is -2.09. The number of carbonyl (C=O) groups is 1. The van der Waals surface area contributed by atoms with Crippen LogP contribution in [-0.4, -0.2) is 20.7 Å². The Balaban J connectivity index is 1.52. The van der Waals surface area contributed by atoms with E-state index in [1.807, 2.05) is 62.4 Å². The van der Waals surface area contributed by atoms with Crippen LogP contribution in [0.4, 0.5) is 0 Å². The van der Waals surface area contributed by atoms with Crippen molar-refractivity contribution in [1.29, 1.82) is 0 Å². The molecule has 1 amide bonds. The van der Waals surface area contributed by atoms with Gasteiger partial charge in [0.2, 0.25) is 5.91 Å². The Morgan fingerprint density at radius 2 is 2.04 bits per heavy atom. The van der Waals surface area contributed by atoms with Gasteiger partial charge in [-0.05, 0) is 49.7 Å². The number of carbonyl (C=O) groups excluding carboxylic acids is 1. The Labute approximate surface area is 152 Å². The van der Waals surface area contributed by atoms with Crippen LogP contribution in [0.3, 0.4) is 0 Å². The van der Waals surface area contributed by atoms with Gasteiger partial charge in [0.1, 0.15) is 18.9 Å². The van der Waals surface area contributed by atoms with Crippen LogP contribution in [0, 0.1) is 13.8 Å². The largest absolute Gasteiger partial charge is 0.487 e. The van der Waals surface area contributed by atoms with E-state index in [1.165, 1.54) is 0 Å². The third-order valence-corrected chi connectivity index (χ3v) is 3.90. The van der Waals surface area contributed by atoms with Crippen LogP contribution in [0.2, 0.25) is 0 Å². The summed E-state index contributed by atoms with van der Waals surface area (Å²) in [5.41, 5.74) is 3.73. The number of aromatic nitrogens is 3. The molecular formula is C20H22N4O2. The fourth-order valence-corrected chi connectivity index (χ4v) is 2.61. The van der Waals surface area contributed by atoms with Crippen molar-refractivity contribution in [3.05, 3.63) is 77.4 Å². The Morgan fingerprint density at radius 1 is 1.15 bits per heavy atom. The highest BCUT2D eigenvalue weighted by molar-refractivity contribution is 5.75. The van der Waals surface area contributed by atoms with E-state index in [4.69, 9.17) is 4.74 Å².